The van der Waals surface area contributed by atoms with Crippen molar-refractivity contribution in [1.82, 2.24) is 29.4 Å². The number of aromatic nitrogens is 5. The Morgan fingerprint density at radius 1 is 0.362 bits per heavy atom. The number of aliphatic imine (C=N–C) groups is 2. The van der Waals surface area contributed by atoms with E-state index in [-0.39, 0.29) is 12.1 Å². The molecule has 10 aromatic carbocycles. The number of allylic oxidation sites excluding steroid dienone is 4. The van der Waals surface area contributed by atoms with Crippen molar-refractivity contribution in [2.75, 3.05) is 0 Å². The minimum absolute atomic E-state index is 0.198. The molecule has 80 heavy (non-hydrogen) atoms. The van der Waals surface area contributed by atoms with Gasteiger partial charge in [0.15, 0.2) is 23.3 Å². The van der Waals surface area contributed by atoms with E-state index in [1.807, 2.05) is 48.5 Å². The summed E-state index contributed by atoms with van der Waals surface area (Å²) in [6.45, 7) is 0. The smallest absolute Gasteiger partial charge is 0.164 e. The number of hydrogen-bond donors (Lipinski definition) is 1. The van der Waals surface area contributed by atoms with Gasteiger partial charge >= 0.3 is 0 Å². The largest absolute Gasteiger partial charge is 0.344 e. The molecule has 15 rings (SSSR count). The van der Waals surface area contributed by atoms with E-state index in [0.717, 1.165) is 62.6 Å². The van der Waals surface area contributed by atoms with Gasteiger partial charge in [-0.1, -0.05) is 200 Å². The maximum atomic E-state index is 5.25. The van der Waals surface area contributed by atoms with Gasteiger partial charge in [0.1, 0.15) is 12.0 Å². The van der Waals surface area contributed by atoms with Crippen LogP contribution in [0.15, 0.2) is 283 Å². The molecule has 4 heterocycles. The van der Waals surface area contributed by atoms with Gasteiger partial charge in [-0.25, -0.2) is 24.9 Å². The number of rotatable bonds is 10. The molecule has 0 spiro atoms. The van der Waals surface area contributed by atoms with E-state index >= 15 is 0 Å². The van der Waals surface area contributed by atoms with Crippen LogP contribution >= 0.6 is 0 Å². The number of para-hydroxylation sites is 4. The van der Waals surface area contributed by atoms with Gasteiger partial charge in [0.25, 0.3) is 0 Å². The van der Waals surface area contributed by atoms with Gasteiger partial charge in [0.2, 0.25) is 0 Å². The molecule has 8 heteroatoms. The normalized spacial score (nSPS) is 15.2. The average Bonchev–Trinajstić information content (AvgIpc) is 4.21. The molecule has 2 unspecified atom stereocenters. The Hall–Kier alpha value is -10.6. The standard InChI is InChI=1S/C72H50N8/c1-3-16-49(17-4-1)67-73-69(77-71(75-67)53-38-42-57(43-39-53)79-63-26-11-7-22-59(63)60-23-8-12-27-64(60)79)51-34-30-47(31-35-51)55-20-15-21-56(46-55)48-32-36-52(37-33-48)70-74-68(50-18-5-2-6-19-50)76-72(78-70)54-40-44-58(45-41-54)80-65-28-13-9-24-61(65)62-25-10-14-29-66(62)80/h1-20,22-46,56,69H,21H2,(H,73,75,77). The molecule has 378 valence electrons. The summed E-state index contributed by atoms with van der Waals surface area (Å²) in [5, 5.41) is 8.60. The summed E-state index contributed by atoms with van der Waals surface area (Å²) < 4.78 is 4.66. The van der Waals surface area contributed by atoms with E-state index in [1.165, 1.54) is 54.7 Å². The van der Waals surface area contributed by atoms with Crippen LogP contribution in [0.5, 0.6) is 0 Å². The molecular weight excluding hydrogens is 977 g/mol. The Labute approximate surface area is 462 Å². The van der Waals surface area contributed by atoms with Crippen LogP contribution in [0.1, 0.15) is 46.3 Å². The third kappa shape index (κ3) is 8.47. The third-order valence-electron chi connectivity index (χ3n) is 15.6. The van der Waals surface area contributed by atoms with Gasteiger partial charge in [0.05, 0.1) is 22.1 Å². The molecule has 2 aliphatic rings. The minimum atomic E-state index is -0.340. The molecule has 1 aliphatic heterocycles. The summed E-state index contributed by atoms with van der Waals surface area (Å²) in [7, 11) is 0. The van der Waals surface area contributed by atoms with Gasteiger partial charge in [0, 0.05) is 66.7 Å². The number of hydrogen-bond acceptors (Lipinski definition) is 6. The van der Waals surface area contributed by atoms with Crippen molar-refractivity contribution in [1.29, 1.82) is 0 Å². The Kier molecular flexibility index (Phi) is 11.5. The van der Waals surface area contributed by atoms with E-state index in [9.17, 15) is 0 Å². The number of nitrogens with one attached hydrogen (secondary N) is 1. The lowest BCUT2D eigenvalue weighted by Crippen LogP contribution is -2.33. The summed E-state index contributed by atoms with van der Waals surface area (Å²) in [6, 6.07) is 89.5. The molecule has 3 aromatic heterocycles. The highest BCUT2D eigenvalue weighted by molar-refractivity contribution is 6.14. The van der Waals surface area contributed by atoms with E-state index in [2.05, 4.69) is 239 Å². The summed E-state index contributed by atoms with van der Waals surface area (Å²) >= 11 is 0. The van der Waals surface area contributed by atoms with Crippen molar-refractivity contribution >= 4 is 60.9 Å². The van der Waals surface area contributed by atoms with E-state index in [0.29, 0.717) is 23.3 Å². The number of benzene rings is 10. The van der Waals surface area contributed by atoms with Crippen LogP contribution in [-0.2, 0) is 0 Å². The Morgan fingerprint density at radius 3 is 1.26 bits per heavy atom. The average molecular weight is 1030 g/mol. The van der Waals surface area contributed by atoms with E-state index in [1.54, 1.807) is 0 Å². The lowest BCUT2D eigenvalue weighted by Gasteiger charge is -2.24. The summed E-state index contributed by atoms with van der Waals surface area (Å²) in [5.74, 6) is 3.56. The van der Waals surface area contributed by atoms with Crippen molar-refractivity contribution in [3.63, 3.8) is 0 Å². The first-order valence-corrected chi connectivity index (χ1v) is 27.2. The topological polar surface area (TPSA) is 85.3 Å². The first-order chi connectivity index (χ1) is 39.6. The van der Waals surface area contributed by atoms with Crippen molar-refractivity contribution in [2.45, 2.75) is 18.5 Å². The number of nitrogens with zero attached hydrogens (tertiary/aromatic N) is 7. The molecule has 0 fully saturated rings. The lowest BCUT2D eigenvalue weighted by molar-refractivity contribution is 0.674. The predicted octanol–water partition coefficient (Wildman–Crippen LogP) is 16.7. The van der Waals surface area contributed by atoms with Crippen molar-refractivity contribution in [3.8, 4) is 45.5 Å². The summed E-state index contributed by atoms with van der Waals surface area (Å²) in [5.41, 5.74) is 16.2. The zero-order chi connectivity index (χ0) is 52.9. The van der Waals surface area contributed by atoms with Gasteiger partial charge in [-0.2, -0.15) is 0 Å². The molecule has 0 amide bonds. The maximum Gasteiger partial charge on any atom is 0.164 e. The Morgan fingerprint density at radius 2 is 0.762 bits per heavy atom. The van der Waals surface area contributed by atoms with Gasteiger partial charge in [-0.15, -0.1) is 0 Å². The fourth-order valence-corrected chi connectivity index (χ4v) is 11.6. The second kappa shape index (κ2) is 19.8. The molecule has 1 aliphatic carbocycles. The summed E-state index contributed by atoms with van der Waals surface area (Å²) in [6.07, 6.45) is 7.48. The zero-order valence-corrected chi connectivity index (χ0v) is 43.5. The number of amidine groups is 2. The van der Waals surface area contributed by atoms with Crippen LogP contribution in [0.2, 0.25) is 0 Å². The molecule has 2 atom stereocenters. The monoisotopic (exact) mass is 1030 g/mol. The first-order valence-electron chi connectivity index (χ1n) is 27.2. The fraction of sp³-hybridized carbons (Fsp3) is 0.0417. The van der Waals surface area contributed by atoms with Crippen LogP contribution in [0.25, 0.3) is 94.7 Å². The van der Waals surface area contributed by atoms with Crippen molar-refractivity contribution in [3.05, 3.63) is 301 Å². The zero-order valence-electron chi connectivity index (χ0n) is 43.5. The van der Waals surface area contributed by atoms with Crippen LogP contribution in [0, 0.1) is 0 Å². The van der Waals surface area contributed by atoms with Crippen molar-refractivity contribution in [2.24, 2.45) is 9.98 Å². The van der Waals surface area contributed by atoms with Crippen LogP contribution in [-0.4, -0.2) is 35.8 Å². The molecule has 8 nitrogen and oxygen atoms in total. The SMILES string of the molecule is C1=CC(c2ccc(C3N=C(c4ccc(-n5c6ccccc6c6ccccc65)cc4)N=C(c4ccccc4)N3)cc2)=CC(c2ccc(-c3nc(-c4ccccc4)nc(-c4ccc(-n5c6ccccc6c6ccccc65)cc4)n3)cc2)C1. The highest BCUT2D eigenvalue weighted by atomic mass is 15.2. The molecule has 1 N–H and O–H groups in total. The molecular formula is C72H50N8. The highest BCUT2D eigenvalue weighted by Gasteiger charge is 2.23. The Balaban J connectivity index is 0.694. The second-order valence-electron chi connectivity index (χ2n) is 20.4. The van der Waals surface area contributed by atoms with Gasteiger partial charge in [-0.05, 0) is 101 Å². The molecule has 0 bridgehead atoms. The molecule has 13 aromatic rings. The quantitative estimate of drug-likeness (QED) is 0.148. The molecule has 0 saturated heterocycles. The van der Waals surface area contributed by atoms with Gasteiger partial charge in [-0.3, -0.25) is 0 Å². The molecule has 0 saturated carbocycles. The van der Waals surface area contributed by atoms with Crippen LogP contribution in [0.3, 0.4) is 0 Å². The minimum Gasteiger partial charge on any atom is -0.344 e. The third-order valence-corrected chi connectivity index (χ3v) is 15.6. The predicted molar refractivity (Wildman–Crippen MR) is 328 cm³/mol. The first kappa shape index (κ1) is 46.7. The molecule has 0 radical (unpaired) electrons. The Bertz CT molecular complexity index is 4500. The maximum absolute atomic E-state index is 5.25. The highest BCUT2D eigenvalue weighted by Crippen LogP contribution is 2.37. The fourth-order valence-electron chi connectivity index (χ4n) is 11.6. The number of fused-ring (bicyclic) bond motifs is 6. The van der Waals surface area contributed by atoms with Crippen LogP contribution in [0.4, 0.5) is 0 Å². The van der Waals surface area contributed by atoms with Gasteiger partial charge < -0.3 is 14.5 Å². The lowest BCUT2D eigenvalue weighted by atomic mass is 9.87. The van der Waals surface area contributed by atoms with E-state index in [4.69, 9.17) is 24.9 Å². The van der Waals surface area contributed by atoms with Crippen LogP contribution < -0.4 is 5.32 Å². The second-order valence-corrected chi connectivity index (χ2v) is 20.4. The van der Waals surface area contributed by atoms with E-state index < -0.39 is 0 Å². The van der Waals surface area contributed by atoms with Crippen molar-refractivity contribution < 1.29 is 0 Å². The summed E-state index contributed by atoms with van der Waals surface area (Å²) in [4.78, 5) is 25.6.